The van der Waals surface area contributed by atoms with E-state index < -0.39 is 0 Å². The fourth-order valence-corrected chi connectivity index (χ4v) is 2.96. The summed E-state index contributed by atoms with van der Waals surface area (Å²) in [6.45, 7) is 5.28. The Hall–Kier alpha value is -1.99. The molecule has 0 spiro atoms. The van der Waals surface area contributed by atoms with E-state index in [0.717, 1.165) is 36.4 Å². The first-order valence-corrected chi connectivity index (χ1v) is 8.01. The van der Waals surface area contributed by atoms with Gasteiger partial charge >= 0.3 is 0 Å². The van der Waals surface area contributed by atoms with Gasteiger partial charge in [-0.05, 0) is 19.8 Å². The largest absolute Gasteiger partial charge is 0.372 e. The van der Waals surface area contributed by atoms with Crippen LogP contribution in [0.25, 0.3) is 0 Å². The van der Waals surface area contributed by atoms with Gasteiger partial charge in [0.1, 0.15) is 11.9 Å². The predicted octanol–water partition coefficient (Wildman–Crippen LogP) is 0.994. The summed E-state index contributed by atoms with van der Waals surface area (Å²) < 4.78 is 7.75. The maximum Gasteiger partial charge on any atom is 0.251 e. The molecule has 0 aliphatic carbocycles. The van der Waals surface area contributed by atoms with Gasteiger partial charge in [-0.2, -0.15) is 5.10 Å². The number of aryl methyl sites for hydroxylation is 2. The Morgan fingerprint density at radius 2 is 2.35 bits per heavy atom. The molecule has 1 aliphatic heterocycles. The lowest BCUT2D eigenvalue weighted by molar-refractivity contribution is 0.0977. The number of aromatic nitrogens is 4. The van der Waals surface area contributed by atoms with E-state index >= 15 is 0 Å². The zero-order valence-corrected chi connectivity index (χ0v) is 13.8. The Morgan fingerprint density at radius 3 is 3.04 bits per heavy atom. The van der Waals surface area contributed by atoms with E-state index in [2.05, 4.69) is 20.4 Å². The summed E-state index contributed by atoms with van der Waals surface area (Å²) >= 11 is 0. The van der Waals surface area contributed by atoms with Crippen LogP contribution in [0.2, 0.25) is 0 Å². The van der Waals surface area contributed by atoms with Gasteiger partial charge in [0.25, 0.3) is 5.56 Å². The predicted molar refractivity (Wildman–Crippen MR) is 86.1 cm³/mol. The maximum atomic E-state index is 11.6. The minimum Gasteiger partial charge on any atom is -0.372 e. The minimum absolute atomic E-state index is 0.00946. The van der Waals surface area contributed by atoms with Gasteiger partial charge in [-0.15, -0.1) is 0 Å². The summed E-state index contributed by atoms with van der Waals surface area (Å²) in [6.07, 6.45) is 3.54. The number of aromatic amines is 1. The van der Waals surface area contributed by atoms with Crippen molar-refractivity contribution < 1.29 is 4.74 Å². The van der Waals surface area contributed by atoms with Gasteiger partial charge in [-0.1, -0.05) is 6.92 Å². The summed E-state index contributed by atoms with van der Waals surface area (Å²) in [5.74, 6) is 0.669. The summed E-state index contributed by atoms with van der Waals surface area (Å²) in [5, 5.41) is 7.76. The normalized spacial score (nSPS) is 21.0. The van der Waals surface area contributed by atoms with Gasteiger partial charge in [0, 0.05) is 42.7 Å². The van der Waals surface area contributed by atoms with Crippen molar-refractivity contribution in [1.82, 2.24) is 25.1 Å². The SMILES string of the molecule is CCc1cc(=O)[nH]c(CN[C@H]2CCO[C@@H]2c2cnn(C)c2C)n1. The Bertz CT molecular complexity index is 736. The lowest BCUT2D eigenvalue weighted by Crippen LogP contribution is -2.32. The van der Waals surface area contributed by atoms with Crippen LogP contribution in [0, 0.1) is 6.92 Å². The molecule has 3 rings (SSSR count). The second-order valence-corrected chi connectivity index (χ2v) is 5.91. The molecule has 1 fully saturated rings. The molecule has 0 saturated carbocycles. The van der Waals surface area contributed by atoms with Crippen LogP contribution in [0.3, 0.4) is 0 Å². The van der Waals surface area contributed by atoms with E-state index in [1.54, 1.807) is 6.07 Å². The second-order valence-electron chi connectivity index (χ2n) is 5.91. The first kappa shape index (κ1) is 15.9. The molecule has 1 aliphatic rings. The van der Waals surface area contributed by atoms with Gasteiger partial charge in [-0.3, -0.25) is 9.48 Å². The van der Waals surface area contributed by atoms with Gasteiger partial charge in [0.05, 0.1) is 12.7 Å². The molecule has 2 aromatic rings. The molecule has 7 nitrogen and oxygen atoms in total. The number of nitrogens with zero attached hydrogens (tertiary/aromatic N) is 3. The molecule has 0 amide bonds. The van der Waals surface area contributed by atoms with Crippen LogP contribution in [-0.2, 0) is 24.8 Å². The Morgan fingerprint density at radius 1 is 1.52 bits per heavy atom. The minimum atomic E-state index is -0.101. The Labute approximate surface area is 135 Å². The van der Waals surface area contributed by atoms with Crippen molar-refractivity contribution in [2.75, 3.05) is 6.61 Å². The fraction of sp³-hybridized carbons (Fsp3) is 0.562. The number of rotatable bonds is 5. The molecule has 0 radical (unpaired) electrons. The Kier molecular flexibility index (Phi) is 4.58. The first-order valence-electron chi connectivity index (χ1n) is 8.01. The van der Waals surface area contributed by atoms with Crippen LogP contribution >= 0.6 is 0 Å². The average Bonchev–Trinajstić information content (AvgIpc) is 3.12. The van der Waals surface area contributed by atoms with Crippen LogP contribution < -0.4 is 10.9 Å². The molecular formula is C16H23N5O2. The number of ether oxygens (including phenoxy) is 1. The monoisotopic (exact) mass is 317 g/mol. The van der Waals surface area contributed by atoms with Crippen molar-refractivity contribution in [1.29, 1.82) is 0 Å². The van der Waals surface area contributed by atoms with Crippen LogP contribution in [0.1, 0.15) is 42.2 Å². The van der Waals surface area contributed by atoms with Crippen molar-refractivity contribution in [3.05, 3.63) is 45.4 Å². The molecular weight excluding hydrogens is 294 g/mol. The number of H-pyrrole nitrogens is 1. The molecule has 2 aromatic heterocycles. The summed E-state index contributed by atoms with van der Waals surface area (Å²) in [7, 11) is 1.93. The molecule has 0 unspecified atom stereocenters. The third-order valence-corrected chi connectivity index (χ3v) is 4.41. The van der Waals surface area contributed by atoms with E-state index in [-0.39, 0.29) is 17.7 Å². The van der Waals surface area contributed by atoms with Gasteiger partial charge in [-0.25, -0.2) is 4.98 Å². The molecule has 2 atom stereocenters. The van der Waals surface area contributed by atoms with Crippen LogP contribution in [-0.4, -0.2) is 32.4 Å². The summed E-state index contributed by atoms with van der Waals surface area (Å²) in [6, 6.07) is 1.73. The average molecular weight is 317 g/mol. The van der Waals surface area contributed by atoms with Crippen LogP contribution in [0.5, 0.6) is 0 Å². The standard InChI is InChI=1S/C16H23N5O2/c1-4-11-7-15(22)20-14(19-11)9-17-13-5-6-23-16(13)12-8-18-21(3)10(12)2/h7-8,13,16-17H,4-6,9H2,1-3H3,(H,19,20,22)/t13-,16+/m0/s1. The highest BCUT2D eigenvalue weighted by Crippen LogP contribution is 2.30. The second kappa shape index (κ2) is 6.64. The molecule has 7 heteroatoms. The quantitative estimate of drug-likeness (QED) is 0.859. The van der Waals surface area contributed by atoms with Crippen molar-refractivity contribution in [3.8, 4) is 0 Å². The zero-order chi connectivity index (χ0) is 16.4. The van der Waals surface area contributed by atoms with Crippen LogP contribution in [0.4, 0.5) is 0 Å². The molecule has 23 heavy (non-hydrogen) atoms. The van der Waals surface area contributed by atoms with Gasteiger partial charge < -0.3 is 15.0 Å². The highest BCUT2D eigenvalue weighted by atomic mass is 16.5. The Balaban J connectivity index is 1.71. The topological polar surface area (TPSA) is 84.8 Å². The lowest BCUT2D eigenvalue weighted by Gasteiger charge is -2.19. The third kappa shape index (κ3) is 3.35. The molecule has 3 heterocycles. The number of hydrogen-bond acceptors (Lipinski definition) is 5. The van der Waals surface area contributed by atoms with Crippen molar-refractivity contribution in [2.24, 2.45) is 7.05 Å². The van der Waals surface area contributed by atoms with Crippen LogP contribution in [0.15, 0.2) is 17.1 Å². The maximum absolute atomic E-state index is 11.6. The summed E-state index contributed by atoms with van der Waals surface area (Å²) in [4.78, 5) is 18.9. The first-order chi connectivity index (χ1) is 11.1. The number of hydrogen-bond donors (Lipinski definition) is 2. The third-order valence-electron chi connectivity index (χ3n) is 4.41. The van der Waals surface area contributed by atoms with Crippen molar-refractivity contribution >= 4 is 0 Å². The lowest BCUT2D eigenvalue weighted by atomic mass is 10.0. The van der Waals surface area contributed by atoms with Gasteiger partial charge in [0.2, 0.25) is 0 Å². The number of nitrogens with one attached hydrogen (secondary N) is 2. The van der Waals surface area contributed by atoms with Crippen molar-refractivity contribution in [3.63, 3.8) is 0 Å². The van der Waals surface area contributed by atoms with E-state index in [0.29, 0.717) is 12.4 Å². The van der Waals surface area contributed by atoms with E-state index in [4.69, 9.17) is 4.74 Å². The fourth-order valence-electron chi connectivity index (χ4n) is 2.96. The zero-order valence-electron chi connectivity index (χ0n) is 13.8. The molecule has 2 N–H and O–H groups in total. The molecule has 1 saturated heterocycles. The summed E-state index contributed by atoms with van der Waals surface area (Å²) in [5.41, 5.74) is 2.94. The van der Waals surface area contributed by atoms with Crippen molar-refractivity contribution in [2.45, 2.75) is 45.4 Å². The van der Waals surface area contributed by atoms with Gasteiger partial charge in [0.15, 0.2) is 0 Å². The molecule has 124 valence electrons. The van der Waals surface area contributed by atoms with E-state index in [1.165, 1.54) is 0 Å². The molecule has 0 bridgehead atoms. The van der Waals surface area contributed by atoms with E-state index in [9.17, 15) is 4.79 Å². The highest BCUT2D eigenvalue weighted by Gasteiger charge is 2.31. The highest BCUT2D eigenvalue weighted by molar-refractivity contribution is 5.22. The smallest absolute Gasteiger partial charge is 0.251 e. The van der Waals surface area contributed by atoms with E-state index in [1.807, 2.05) is 31.8 Å². The molecule has 0 aromatic carbocycles.